The van der Waals surface area contributed by atoms with Crippen LogP contribution >= 0.6 is 11.6 Å². The third kappa shape index (κ3) is 2.99. The lowest BCUT2D eigenvalue weighted by Gasteiger charge is -2.24. The van der Waals surface area contributed by atoms with Gasteiger partial charge in [0.15, 0.2) is 0 Å². The molecule has 2 atom stereocenters. The Kier molecular flexibility index (Phi) is 4.05. The summed E-state index contributed by atoms with van der Waals surface area (Å²) in [6, 6.07) is 5.20. The molecule has 0 radical (unpaired) electrons. The fourth-order valence-corrected chi connectivity index (χ4v) is 2.69. The van der Waals surface area contributed by atoms with E-state index in [9.17, 15) is 4.39 Å². The molecule has 0 aliphatic heterocycles. The van der Waals surface area contributed by atoms with Crippen LogP contribution in [0, 0.1) is 17.7 Å². The minimum Gasteiger partial charge on any atom is -0.316 e. The zero-order chi connectivity index (χ0) is 12.4. The zero-order valence-electron chi connectivity index (χ0n) is 10.3. The molecular formula is C14H19ClFN. The second-order valence-corrected chi connectivity index (χ2v) is 5.40. The second-order valence-electron chi connectivity index (χ2n) is 5.00. The molecule has 17 heavy (non-hydrogen) atoms. The van der Waals surface area contributed by atoms with Gasteiger partial charge in [-0.15, -0.1) is 0 Å². The topological polar surface area (TPSA) is 12.0 Å². The van der Waals surface area contributed by atoms with E-state index in [4.69, 9.17) is 11.6 Å². The Hall–Kier alpha value is -0.600. The van der Waals surface area contributed by atoms with Gasteiger partial charge in [0.05, 0.1) is 0 Å². The van der Waals surface area contributed by atoms with Crippen LogP contribution in [0.1, 0.15) is 25.3 Å². The fraction of sp³-hybridized carbons (Fsp3) is 0.571. The van der Waals surface area contributed by atoms with Crippen LogP contribution in [0.2, 0.25) is 5.02 Å². The molecule has 1 fully saturated rings. The van der Waals surface area contributed by atoms with Crippen LogP contribution in [0.25, 0.3) is 0 Å². The first-order chi connectivity index (χ1) is 8.13. The molecule has 3 heteroatoms. The Labute approximate surface area is 107 Å². The van der Waals surface area contributed by atoms with Crippen LogP contribution in [0.3, 0.4) is 0 Å². The summed E-state index contributed by atoms with van der Waals surface area (Å²) in [6.07, 6.45) is 3.29. The average Bonchev–Trinajstić information content (AvgIpc) is 3.12. The van der Waals surface area contributed by atoms with E-state index in [0.717, 1.165) is 5.92 Å². The first kappa shape index (κ1) is 12.8. The van der Waals surface area contributed by atoms with Gasteiger partial charge in [-0.1, -0.05) is 24.6 Å². The Morgan fingerprint density at radius 1 is 1.47 bits per heavy atom. The Morgan fingerprint density at radius 2 is 2.18 bits per heavy atom. The molecule has 0 saturated heterocycles. The van der Waals surface area contributed by atoms with E-state index >= 15 is 0 Å². The van der Waals surface area contributed by atoms with Gasteiger partial charge in [-0.05, 0) is 50.3 Å². The third-order valence-corrected chi connectivity index (χ3v) is 4.21. The molecule has 0 aromatic heterocycles. The molecule has 0 amide bonds. The van der Waals surface area contributed by atoms with Crippen LogP contribution in [-0.4, -0.2) is 13.1 Å². The van der Waals surface area contributed by atoms with Gasteiger partial charge < -0.3 is 5.32 Å². The van der Waals surface area contributed by atoms with E-state index in [-0.39, 0.29) is 5.82 Å². The van der Waals surface area contributed by atoms with Crippen molar-refractivity contribution in [1.29, 1.82) is 0 Å². The van der Waals surface area contributed by atoms with Crippen molar-refractivity contribution in [2.75, 3.05) is 7.05 Å². The van der Waals surface area contributed by atoms with Crippen molar-refractivity contribution in [2.45, 2.75) is 32.2 Å². The largest absolute Gasteiger partial charge is 0.316 e. The van der Waals surface area contributed by atoms with Gasteiger partial charge in [-0.2, -0.15) is 0 Å². The van der Waals surface area contributed by atoms with Crippen LogP contribution in [0.5, 0.6) is 0 Å². The van der Waals surface area contributed by atoms with Crippen LogP contribution in [-0.2, 0) is 6.42 Å². The minimum absolute atomic E-state index is 0.194. The summed E-state index contributed by atoms with van der Waals surface area (Å²) in [4.78, 5) is 0. The Balaban J connectivity index is 2.12. The molecule has 0 spiro atoms. The van der Waals surface area contributed by atoms with Crippen molar-refractivity contribution in [3.05, 3.63) is 34.6 Å². The quantitative estimate of drug-likeness (QED) is 0.847. The summed E-state index contributed by atoms with van der Waals surface area (Å²) < 4.78 is 13.7. The first-order valence-electron chi connectivity index (χ1n) is 6.23. The summed E-state index contributed by atoms with van der Waals surface area (Å²) in [5.41, 5.74) is 0.640. The predicted octanol–water partition coefficient (Wildman–Crippen LogP) is 3.66. The van der Waals surface area contributed by atoms with E-state index < -0.39 is 0 Å². The van der Waals surface area contributed by atoms with Gasteiger partial charge in [0.25, 0.3) is 0 Å². The van der Waals surface area contributed by atoms with Gasteiger partial charge in [-0.3, -0.25) is 0 Å². The highest BCUT2D eigenvalue weighted by Gasteiger charge is 2.33. The van der Waals surface area contributed by atoms with E-state index in [0.29, 0.717) is 29.0 Å². The molecule has 94 valence electrons. The highest BCUT2D eigenvalue weighted by Crippen LogP contribution is 2.39. The predicted molar refractivity (Wildman–Crippen MR) is 69.8 cm³/mol. The maximum atomic E-state index is 13.7. The highest BCUT2D eigenvalue weighted by atomic mass is 35.5. The number of hydrogen-bond donors (Lipinski definition) is 1. The van der Waals surface area contributed by atoms with Crippen molar-refractivity contribution in [3.8, 4) is 0 Å². The normalized spacial score (nSPS) is 19.1. The summed E-state index contributed by atoms with van der Waals surface area (Å²) in [5, 5.41) is 3.84. The van der Waals surface area contributed by atoms with Crippen molar-refractivity contribution >= 4 is 11.6 Å². The molecule has 0 heterocycles. The van der Waals surface area contributed by atoms with Crippen LogP contribution in [0.15, 0.2) is 18.2 Å². The first-order valence-corrected chi connectivity index (χ1v) is 6.61. The molecule has 1 saturated carbocycles. The van der Waals surface area contributed by atoms with Crippen molar-refractivity contribution < 1.29 is 4.39 Å². The van der Waals surface area contributed by atoms with Crippen molar-refractivity contribution in [1.82, 2.24) is 5.32 Å². The number of nitrogens with one attached hydrogen (secondary N) is 1. The second kappa shape index (κ2) is 5.36. The highest BCUT2D eigenvalue weighted by molar-refractivity contribution is 6.31. The van der Waals surface area contributed by atoms with E-state index in [1.165, 1.54) is 18.9 Å². The lowest BCUT2D eigenvalue weighted by Crippen LogP contribution is -2.35. The van der Waals surface area contributed by atoms with Gasteiger partial charge >= 0.3 is 0 Å². The standard InChI is InChI=1S/C14H19ClFN/c1-9(10-6-7-10)14(17-2)8-11-12(15)4-3-5-13(11)16/h3-5,9-10,14,17H,6-8H2,1-2H3. The minimum atomic E-state index is -0.194. The molecule has 1 aromatic carbocycles. The molecular weight excluding hydrogens is 237 g/mol. The summed E-state index contributed by atoms with van der Waals surface area (Å²) in [6.45, 7) is 2.24. The average molecular weight is 256 g/mol. The maximum absolute atomic E-state index is 13.7. The molecule has 1 N–H and O–H groups in total. The smallest absolute Gasteiger partial charge is 0.127 e. The maximum Gasteiger partial charge on any atom is 0.127 e. The number of rotatable bonds is 5. The third-order valence-electron chi connectivity index (χ3n) is 3.86. The van der Waals surface area contributed by atoms with E-state index in [2.05, 4.69) is 12.2 Å². The molecule has 1 aliphatic carbocycles. The molecule has 1 aromatic rings. The Morgan fingerprint density at radius 3 is 2.71 bits per heavy atom. The number of benzene rings is 1. The van der Waals surface area contributed by atoms with Gasteiger partial charge in [-0.25, -0.2) is 4.39 Å². The summed E-state index contributed by atoms with van der Waals surface area (Å²) >= 11 is 6.06. The lowest BCUT2D eigenvalue weighted by atomic mass is 9.91. The molecule has 0 bridgehead atoms. The molecule has 1 aliphatic rings. The zero-order valence-corrected chi connectivity index (χ0v) is 11.1. The van der Waals surface area contributed by atoms with Crippen molar-refractivity contribution in [2.24, 2.45) is 11.8 Å². The van der Waals surface area contributed by atoms with Gasteiger partial charge in [0, 0.05) is 16.6 Å². The summed E-state index contributed by atoms with van der Waals surface area (Å²) in [5.74, 6) is 1.19. The SMILES string of the molecule is CNC(Cc1c(F)cccc1Cl)C(C)C1CC1. The van der Waals surface area contributed by atoms with Crippen LogP contribution in [0.4, 0.5) is 4.39 Å². The van der Waals surface area contributed by atoms with Gasteiger partial charge in [0.1, 0.15) is 5.82 Å². The van der Waals surface area contributed by atoms with E-state index in [1.807, 2.05) is 7.05 Å². The van der Waals surface area contributed by atoms with E-state index in [1.54, 1.807) is 12.1 Å². The fourth-order valence-electron chi connectivity index (χ4n) is 2.45. The van der Waals surface area contributed by atoms with Crippen molar-refractivity contribution in [3.63, 3.8) is 0 Å². The van der Waals surface area contributed by atoms with Gasteiger partial charge in [0.2, 0.25) is 0 Å². The number of halogens is 2. The molecule has 2 unspecified atom stereocenters. The number of hydrogen-bond acceptors (Lipinski definition) is 1. The lowest BCUT2D eigenvalue weighted by molar-refractivity contribution is 0.354. The Bertz CT molecular complexity index is 370. The molecule has 2 rings (SSSR count). The monoisotopic (exact) mass is 255 g/mol. The summed E-state index contributed by atoms with van der Waals surface area (Å²) in [7, 11) is 1.94. The van der Waals surface area contributed by atoms with Crippen LogP contribution < -0.4 is 5.32 Å². The molecule has 1 nitrogen and oxygen atoms in total. The number of likely N-dealkylation sites (N-methyl/N-ethyl adjacent to an activating group) is 1.